The molecule has 1 fully saturated rings. The van der Waals surface area contributed by atoms with E-state index >= 15 is 0 Å². The second kappa shape index (κ2) is 5.21. The maximum atomic E-state index is 12.2. The van der Waals surface area contributed by atoms with E-state index in [4.69, 9.17) is 5.11 Å². The summed E-state index contributed by atoms with van der Waals surface area (Å²) < 4.78 is 0. The van der Waals surface area contributed by atoms with Crippen molar-refractivity contribution in [3.63, 3.8) is 0 Å². The molecule has 4 unspecified atom stereocenters. The van der Waals surface area contributed by atoms with Gasteiger partial charge in [-0.25, -0.2) is 0 Å². The predicted octanol–water partition coefficient (Wildman–Crippen LogP) is 1.72. The molecule has 3 nitrogen and oxygen atoms in total. The summed E-state index contributed by atoms with van der Waals surface area (Å²) in [5.74, 6) is 1.83. The molecule has 0 heterocycles. The van der Waals surface area contributed by atoms with Gasteiger partial charge in [0.15, 0.2) is 0 Å². The predicted molar refractivity (Wildman–Crippen MR) is 67.3 cm³/mol. The van der Waals surface area contributed by atoms with Crippen molar-refractivity contribution in [2.45, 2.75) is 39.2 Å². The maximum Gasteiger partial charge on any atom is 0.223 e. The molecule has 2 aliphatic rings. The Morgan fingerprint density at radius 1 is 1.41 bits per heavy atom. The monoisotopic (exact) mass is 237 g/mol. The summed E-state index contributed by atoms with van der Waals surface area (Å²) in [6, 6.07) is 0.107. The zero-order chi connectivity index (χ0) is 12.4. The highest BCUT2D eigenvalue weighted by atomic mass is 16.3. The summed E-state index contributed by atoms with van der Waals surface area (Å²) in [7, 11) is 0. The lowest BCUT2D eigenvalue weighted by Gasteiger charge is -2.25. The minimum atomic E-state index is 0.107. The van der Waals surface area contributed by atoms with Crippen molar-refractivity contribution in [2.75, 3.05) is 6.61 Å². The van der Waals surface area contributed by atoms with E-state index in [1.165, 1.54) is 0 Å². The van der Waals surface area contributed by atoms with E-state index in [-0.39, 0.29) is 24.5 Å². The summed E-state index contributed by atoms with van der Waals surface area (Å²) >= 11 is 0. The van der Waals surface area contributed by atoms with Crippen LogP contribution in [0.2, 0.25) is 0 Å². The van der Waals surface area contributed by atoms with Gasteiger partial charge >= 0.3 is 0 Å². The Hall–Kier alpha value is -0.830. The molecule has 4 atom stereocenters. The Morgan fingerprint density at radius 3 is 2.65 bits per heavy atom. The van der Waals surface area contributed by atoms with Crippen molar-refractivity contribution in [1.29, 1.82) is 0 Å². The van der Waals surface area contributed by atoms with Gasteiger partial charge in [0.1, 0.15) is 0 Å². The molecule has 17 heavy (non-hydrogen) atoms. The molecular formula is C14H23NO2. The third-order valence-corrected chi connectivity index (χ3v) is 4.19. The zero-order valence-electron chi connectivity index (χ0n) is 10.7. The molecule has 2 bridgehead atoms. The van der Waals surface area contributed by atoms with E-state index in [2.05, 4.69) is 31.3 Å². The van der Waals surface area contributed by atoms with Gasteiger partial charge in [0, 0.05) is 18.6 Å². The fraction of sp³-hybridized carbons (Fsp3) is 0.786. The highest BCUT2D eigenvalue weighted by Gasteiger charge is 2.40. The molecule has 0 aromatic heterocycles. The molecule has 2 aliphatic carbocycles. The second-order valence-corrected chi connectivity index (χ2v) is 5.76. The van der Waals surface area contributed by atoms with Crippen LogP contribution in [0.4, 0.5) is 0 Å². The normalized spacial score (nSPS) is 32.1. The fourth-order valence-electron chi connectivity index (χ4n) is 3.08. The number of hydrogen-bond donors (Lipinski definition) is 2. The molecule has 1 amide bonds. The number of carbonyl (C=O) groups is 1. The van der Waals surface area contributed by atoms with Gasteiger partial charge < -0.3 is 10.4 Å². The van der Waals surface area contributed by atoms with Crippen LogP contribution in [0.15, 0.2) is 12.2 Å². The number of rotatable bonds is 5. The molecule has 0 saturated heterocycles. The topological polar surface area (TPSA) is 49.3 Å². The fourth-order valence-corrected chi connectivity index (χ4v) is 3.08. The van der Waals surface area contributed by atoms with Gasteiger partial charge in [0.2, 0.25) is 5.91 Å². The lowest BCUT2D eigenvalue weighted by Crippen LogP contribution is -2.43. The highest BCUT2D eigenvalue weighted by Crippen LogP contribution is 2.43. The van der Waals surface area contributed by atoms with E-state index in [1.807, 2.05) is 0 Å². The van der Waals surface area contributed by atoms with Crippen molar-refractivity contribution in [1.82, 2.24) is 5.32 Å². The van der Waals surface area contributed by atoms with Gasteiger partial charge in [0.25, 0.3) is 0 Å². The van der Waals surface area contributed by atoms with Gasteiger partial charge in [-0.3, -0.25) is 4.79 Å². The van der Waals surface area contributed by atoms with Crippen molar-refractivity contribution in [3.05, 3.63) is 12.2 Å². The molecule has 96 valence electrons. The van der Waals surface area contributed by atoms with Crippen molar-refractivity contribution < 1.29 is 9.90 Å². The Balaban J connectivity index is 1.90. The Labute approximate surface area is 103 Å². The molecule has 2 N–H and O–H groups in total. The first-order valence-corrected chi connectivity index (χ1v) is 6.71. The van der Waals surface area contributed by atoms with Crippen LogP contribution in [0.5, 0.6) is 0 Å². The summed E-state index contributed by atoms with van der Waals surface area (Å²) in [6.07, 6.45) is 7.28. The molecule has 0 radical (unpaired) electrons. The lowest BCUT2D eigenvalue weighted by molar-refractivity contribution is -0.126. The van der Waals surface area contributed by atoms with E-state index in [0.717, 1.165) is 12.8 Å². The van der Waals surface area contributed by atoms with Gasteiger partial charge in [-0.15, -0.1) is 0 Å². The Kier molecular flexibility index (Phi) is 3.87. The number of aliphatic hydroxyl groups is 1. The van der Waals surface area contributed by atoms with Gasteiger partial charge in [-0.2, -0.15) is 0 Å². The standard InChI is InChI=1S/C14H23NO2/c1-9(2)13(5-6-16)15-14(17)12-8-10-3-4-11(12)7-10/h3-4,9-13,16H,5-8H2,1-2H3,(H,15,17). The molecule has 0 spiro atoms. The summed E-state index contributed by atoms with van der Waals surface area (Å²) in [6.45, 7) is 4.31. The largest absolute Gasteiger partial charge is 0.396 e. The minimum Gasteiger partial charge on any atom is -0.396 e. The Bertz CT molecular complexity index is 311. The van der Waals surface area contributed by atoms with E-state index in [0.29, 0.717) is 24.2 Å². The zero-order valence-corrected chi connectivity index (χ0v) is 10.7. The number of allylic oxidation sites excluding steroid dienone is 2. The molecule has 0 aromatic rings. The first-order chi connectivity index (χ1) is 8.11. The second-order valence-electron chi connectivity index (χ2n) is 5.76. The molecular weight excluding hydrogens is 214 g/mol. The molecule has 0 aromatic carbocycles. The van der Waals surface area contributed by atoms with Crippen LogP contribution >= 0.6 is 0 Å². The SMILES string of the molecule is CC(C)C(CCO)NC(=O)C1CC2C=CC1C2. The van der Waals surface area contributed by atoms with Crippen LogP contribution in [-0.2, 0) is 4.79 Å². The quantitative estimate of drug-likeness (QED) is 0.715. The van der Waals surface area contributed by atoms with Crippen LogP contribution in [0, 0.1) is 23.7 Å². The molecule has 1 saturated carbocycles. The molecule has 0 aliphatic heterocycles. The van der Waals surface area contributed by atoms with E-state index < -0.39 is 0 Å². The van der Waals surface area contributed by atoms with Gasteiger partial charge in [0.05, 0.1) is 0 Å². The van der Waals surface area contributed by atoms with Crippen LogP contribution in [-0.4, -0.2) is 23.7 Å². The first-order valence-electron chi connectivity index (χ1n) is 6.71. The summed E-state index contributed by atoms with van der Waals surface area (Å²) in [5.41, 5.74) is 0. The number of hydrogen-bond acceptors (Lipinski definition) is 2. The minimum absolute atomic E-state index is 0.107. The van der Waals surface area contributed by atoms with Crippen molar-refractivity contribution in [2.24, 2.45) is 23.7 Å². The van der Waals surface area contributed by atoms with Gasteiger partial charge in [-0.1, -0.05) is 26.0 Å². The first kappa shape index (κ1) is 12.6. The van der Waals surface area contributed by atoms with Crippen LogP contribution < -0.4 is 5.32 Å². The smallest absolute Gasteiger partial charge is 0.223 e. The average molecular weight is 237 g/mol. The van der Waals surface area contributed by atoms with E-state index in [1.54, 1.807) is 0 Å². The Morgan fingerprint density at radius 2 is 2.18 bits per heavy atom. The average Bonchev–Trinajstić information content (AvgIpc) is 2.89. The number of carbonyl (C=O) groups excluding carboxylic acids is 1. The number of fused-ring (bicyclic) bond motifs is 2. The molecule has 2 rings (SSSR count). The van der Waals surface area contributed by atoms with Crippen LogP contribution in [0.1, 0.15) is 33.1 Å². The van der Waals surface area contributed by atoms with Crippen molar-refractivity contribution >= 4 is 5.91 Å². The third-order valence-electron chi connectivity index (χ3n) is 4.19. The van der Waals surface area contributed by atoms with Gasteiger partial charge in [-0.05, 0) is 37.0 Å². The third kappa shape index (κ3) is 2.71. The van der Waals surface area contributed by atoms with Crippen LogP contribution in [0.3, 0.4) is 0 Å². The lowest BCUT2D eigenvalue weighted by atomic mass is 9.91. The number of aliphatic hydroxyl groups excluding tert-OH is 1. The molecule has 3 heteroatoms. The summed E-state index contributed by atoms with van der Waals surface area (Å²) in [5, 5.41) is 12.1. The summed E-state index contributed by atoms with van der Waals surface area (Å²) in [4.78, 5) is 12.2. The number of nitrogens with one attached hydrogen (secondary N) is 1. The van der Waals surface area contributed by atoms with Crippen LogP contribution in [0.25, 0.3) is 0 Å². The maximum absolute atomic E-state index is 12.2. The van der Waals surface area contributed by atoms with E-state index in [9.17, 15) is 4.79 Å². The highest BCUT2D eigenvalue weighted by molar-refractivity contribution is 5.80. The van der Waals surface area contributed by atoms with Crippen molar-refractivity contribution in [3.8, 4) is 0 Å². The number of amides is 1.